The summed E-state index contributed by atoms with van der Waals surface area (Å²) in [5, 5.41) is 17.1. The van der Waals surface area contributed by atoms with Gasteiger partial charge in [-0.2, -0.15) is 5.10 Å². The van der Waals surface area contributed by atoms with E-state index in [1.807, 2.05) is 24.3 Å². The number of nitro benzene ring substituents is 1. The van der Waals surface area contributed by atoms with E-state index < -0.39 is 4.92 Å². The second-order valence-electron chi connectivity index (χ2n) is 4.78. The van der Waals surface area contributed by atoms with Gasteiger partial charge < -0.3 is 0 Å². The number of hydrogen-bond donors (Lipinski definition) is 1. The number of fused-ring (bicyclic) bond motifs is 1. The second-order valence-corrected chi connectivity index (χ2v) is 4.78. The van der Waals surface area contributed by atoms with Gasteiger partial charge in [0.25, 0.3) is 5.69 Å². The van der Waals surface area contributed by atoms with Crippen molar-refractivity contribution < 1.29 is 4.92 Å². The average molecular weight is 291 g/mol. The van der Waals surface area contributed by atoms with Gasteiger partial charge in [-0.1, -0.05) is 36.4 Å². The number of benzene rings is 3. The number of hydrogen-bond acceptors (Lipinski definition) is 4. The number of non-ortho nitro benzene ring substituents is 1. The van der Waals surface area contributed by atoms with E-state index in [1.165, 1.54) is 17.5 Å². The Balaban J connectivity index is 1.71. The molecule has 3 aromatic rings. The summed E-state index contributed by atoms with van der Waals surface area (Å²) >= 11 is 0. The topological polar surface area (TPSA) is 67.5 Å². The third-order valence-electron chi connectivity index (χ3n) is 3.26. The lowest BCUT2D eigenvalue weighted by molar-refractivity contribution is -0.384. The minimum Gasteiger partial charge on any atom is -0.278 e. The van der Waals surface area contributed by atoms with E-state index in [0.717, 1.165) is 10.9 Å². The largest absolute Gasteiger partial charge is 0.278 e. The number of anilines is 1. The van der Waals surface area contributed by atoms with Gasteiger partial charge in [0.2, 0.25) is 0 Å². The van der Waals surface area contributed by atoms with E-state index in [2.05, 4.69) is 28.7 Å². The molecule has 3 rings (SSSR count). The number of hydrazone groups is 1. The molecule has 0 atom stereocenters. The Labute approximate surface area is 127 Å². The van der Waals surface area contributed by atoms with Crippen molar-refractivity contribution in [3.63, 3.8) is 0 Å². The van der Waals surface area contributed by atoms with E-state index in [1.54, 1.807) is 18.3 Å². The van der Waals surface area contributed by atoms with Gasteiger partial charge in [0, 0.05) is 12.1 Å². The summed E-state index contributed by atoms with van der Waals surface area (Å²) in [7, 11) is 0. The van der Waals surface area contributed by atoms with Crippen LogP contribution in [0.2, 0.25) is 0 Å². The van der Waals surface area contributed by atoms with Gasteiger partial charge in [0.15, 0.2) is 0 Å². The molecule has 5 nitrogen and oxygen atoms in total. The normalized spacial score (nSPS) is 10.9. The monoisotopic (exact) mass is 291 g/mol. The SMILES string of the molecule is O=[N+]([O-])c1ccc(N/N=C\c2ccc3ccccc3c2)cc1. The fourth-order valence-corrected chi connectivity index (χ4v) is 2.13. The second kappa shape index (κ2) is 6.05. The Morgan fingerprint density at radius 2 is 1.68 bits per heavy atom. The number of rotatable bonds is 4. The van der Waals surface area contributed by atoms with Crippen LogP contribution in [0.15, 0.2) is 71.8 Å². The Morgan fingerprint density at radius 3 is 2.41 bits per heavy atom. The van der Waals surface area contributed by atoms with Crippen LogP contribution in [0.1, 0.15) is 5.56 Å². The molecule has 0 bridgehead atoms. The molecular formula is C17H13N3O2. The van der Waals surface area contributed by atoms with Crippen molar-refractivity contribution in [1.29, 1.82) is 0 Å². The van der Waals surface area contributed by atoms with Crippen molar-refractivity contribution in [3.05, 3.63) is 82.4 Å². The molecule has 1 N–H and O–H groups in total. The van der Waals surface area contributed by atoms with Gasteiger partial charge in [-0.25, -0.2) is 0 Å². The highest BCUT2D eigenvalue weighted by Gasteiger charge is 2.02. The molecule has 0 spiro atoms. The van der Waals surface area contributed by atoms with Crippen LogP contribution in [0.3, 0.4) is 0 Å². The summed E-state index contributed by atoms with van der Waals surface area (Å²) in [6, 6.07) is 20.3. The van der Waals surface area contributed by atoms with Crippen LogP contribution in [-0.4, -0.2) is 11.1 Å². The molecule has 108 valence electrons. The maximum Gasteiger partial charge on any atom is 0.269 e. The lowest BCUT2D eigenvalue weighted by Gasteiger charge is -2.01. The summed E-state index contributed by atoms with van der Waals surface area (Å²) < 4.78 is 0. The molecule has 0 saturated carbocycles. The first-order chi connectivity index (χ1) is 10.7. The highest BCUT2D eigenvalue weighted by atomic mass is 16.6. The molecular weight excluding hydrogens is 278 g/mol. The number of nitrogens with zero attached hydrogens (tertiary/aromatic N) is 2. The summed E-state index contributed by atoms with van der Waals surface area (Å²) in [6.45, 7) is 0. The van der Waals surface area contributed by atoms with E-state index >= 15 is 0 Å². The van der Waals surface area contributed by atoms with E-state index in [4.69, 9.17) is 0 Å². The summed E-state index contributed by atoms with van der Waals surface area (Å²) in [4.78, 5) is 10.1. The van der Waals surface area contributed by atoms with Gasteiger partial charge in [-0.3, -0.25) is 15.5 Å². The summed E-state index contributed by atoms with van der Waals surface area (Å²) in [5.74, 6) is 0. The first-order valence-electron chi connectivity index (χ1n) is 6.75. The molecule has 0 saturated heterocycles. The molecule has 22 heavy (non-hydrogen) atoms. The van der Waals surface area contributed by atoms with Crippen LogP contribution in [0.4, 0.5) is 11.4 Å². The summed E-state index contributed by atoms with van der Waals surface area (Å²) in [5.41, 5.74) is 4.59. The van der Waals surface area contributed by atoms with Gasteiger partial charge in [0.1, 0.15) is 0 Å². The molecule has 3 aromatic carbocycles. The number of nitro groups is 1. The maximum absolute atomic E-state index is 10.6. The smallest absolute Gasteiger partial charge is 0.269 e. The summed E-state index contributed by atoms with van der Waals surface area (Å²) in [6.07, 6.45) is 1.72. The van der Waals surface area contributed by atoms with Gasteiger partial charge in [0.05, 0.1) is 16.8 Å². The molecule has 0 aliphatic carbocycles. The van der Waals surface area contributed by atoms with E-state index in [-0.39, 0.29) is 5.69 Å². The Bertz CT molecular complexity index is 842. The van der Waals surface area contributed by atoms with Crippen molar-refractivity contribution in [2.24, 2.45) is 5.10 Å². The van der Waals surface area contributed by atoms with Gasteiger partial charge in [-0.15, -0.1) is 0 Å². The Kier molecular flexibility index (Phi) is 3.78. The first kappa shape index (κ1) is 13.8. The Morgan fingerprint density at radius 1 is 0.955 bits per heavy atom. The van der Waals surface area contributed by atoms with Crippen molar-refractivity contribution in [2.45, 2.75) is 0 Å². The van der Waals surface area contributed by atoms with Crippen molar-refractivity contribution in [3.8, 4) is 0 Å². The van der Waals surface area contributed by atoms with Crippen LogP contribution in [0.25, 0.3) is 10.8 Å². The molecule has 0 radical (unpaired) electrons. The molecule has 0 amide bonds. The fourth-order valence-electron chi connectivity index (χ4n) is 2.13. The predicted molar refractivity (Wildman–Crippen MR) is 88.3 cm³/mol. The minimum absolute atomic E-state index is 0.0593. The minimum atomic E-state index is -0.428. The fraction of sp³-hybridized carbons (Fsp3) is 0. The lowest BCUT2D eigenvalue weighted by Crippen LogP contribution is -1.92. The highest BCUT2D eigenvalue weighted by Crippen LogP contribution is 2.16. The van der Waals surface area contributed by atoms with Crippen LogP contribution in [0.5, 0.6) is 0 Å². The third kappa shape index (κ3) is 3.09. The van der Waals surface area contributed by atoms with Crippen molar-refractivity contribution in [1.82, 2.24) is 0 Å². The van der Waals surface area contributed by atoms with Crippen molar-refractivity contribution in [2.75, 3.05) is 5.43 Å². The van der Waals surface area contributed by atoms with Crippen LogP contribution in [0, 0.1) is 10.1 Å². The van der Waals surface area contributed by atoms with Crippen LogP contribution < -0.4 is 5.43 Å². The van der Waals surface area contributed by atoms with Crippen molar-refractivity contribution >= 4 is 28.4 Å². The Hall–Kier alpha value is -3.21. The standard InChI is InChI=1S/C17H13N3O2/c21-20(22)17-9-7-16(8-10-17)19-18-12-13-5-6-14-3-1-2-4-15(14)11-13/h1-12,19H/b18-12-. The molecule has 0 fully saturated rings. The number of nitrogens with one attached hydrogen (secondary N) is 1. The van der Waals surface area contributed by atoms with Gasteiger partial charge in [-0.05, 0) is 34.5 Å². The van der Waals surface area contributed by atoms with Gasteiger partial charge >= 0.3 is 0 Å². The van der Waals surface area contributed by atoms with E-state index in [9.17, 15) is 10.1 Å². The third-order valence-corrected chi connectivity index (χ3v) is 3.26. The molecule has 0 aliphatic rings. The van der Waals surface area contributed by atoms with E-state index in [0.29, 0.717) is 5.69 Å². The lowest BCUT2D eigenvalue weighted by atomic mass is 10.1. The molecule has 0 aromatic heterocycles. The quantitative estimate of drug-likeness (QED) is 0.445. The first-order valence-corrected chi connectivity index (χ1v) is 6.75. The molecule has 5 heteroatoms. The van der Waals surface area contributed by atoms with Crippen LogP contribution in [-0.2, 0) is 0 Å². The maximum atomic E-state index is 10.6. The molecule has 0 aliphatic heterocycles. The molecule has 0 heterocycles. The van der Waals surface area contributed by atoms with Crippen LogP contribution >= 0.6 is 0 Å². The molecule has 0 unspecified atom stereocenters. The zero-order chi connectivity index (χ0) is 15.4. The highest BCUT2D eigenvalue weighted by molar-refractivity contribution is 5.90. The zero-order valence-corrected chi connectivity index (χ0v) is 11.6. The zero-order valence-electron chi connectivity index (χ0n) is 11.6. The predicted octanol–water partition coefficient (Wildman–Crippen LogP) is 4.19. The average Bonchev–Trinajstić information content (AvgIpc) is 2.55.